The molecule has 4 heterocycles. The van der Waals surface area contributed by atoms with Gasteiger partial charge < -0.3 is 19.7 Å². The van der Waals surface area contributed by atoms with E-state index in [0.717, 1.165) is 63.3 Å². The molecular formula is C40H30Br2N4O6S2. The molecule has 10 nitrogen and oxygen atoms in total. The van der Waals surface area contributed by atoms with Crippen LogP contribution in [0.25, 0.3) is 32.1 Å². The quantitative estimate of drug-likeness (QED) is 0.139. The number of hydrogen-bond acceptors (Lipinski definition) is 8. The zero-order valence-corrected chi connectivity index (χ0v) is 33.5. The molecule has 0 amide bonds. The molecule has 0 aliphatic carbocycles. The molecule has 272 valence electrons. The fraction of sp³-hybridized carbons (Fsp3) is 0.100. The van der Waals surface area contributed by atoms with Crippen molar-refractivity contribution in [3.63, 3.8) is 0 Å². The zero-order valence-electron chi connectivity index (χ0n) is 28.7. The summed E-state index contributed by atoms with van der Waals surface area (Å²) in [6.07, 6.45) is 3.39. The van der Waals surface area contributed by atoms with Crippen molar-refractivity contribution in [2.45, 2.75) is 27.1 Å². The van der Waals surface area contributed by atoms with E-state index in [4.69, 9.17) is 9.47 Å². The molecule has 0 spiro atoms. The van der Waals surface area contributed by atoms with Crippen LogP contribution in [0.1, 0.15) is 41.6 Å². The zero-order chi connectivity index (χ0) is 37.9. The molecule has 0 radical (unpaired) electrons. The number of aryl methyl sites for hydroxylation is 2. The van der Waals surface area contributed by atoms with Crippen molar-refractivity contribution in [2.24, 2.45) is 0 Å². The minimum atomic E-state index is -1.00. The van der Waals surface area contributed by atoms with Gasteiger partial charge in [-0.25, -0.2) is 19.6 Å². The van der Waals surface area contributed by atoms with Gasteiger partial charge in [0.25, 0.3) is 0 Å². The third-order valence-corrected chi connectivity index (χ3v) is 11.7. The number of ether oxygens (including phenoxy) is 2. The largest absolute Gasteiger partial charge is 0.487 e. The first-order chi connectivity index (χ1) is 26.0. The first-order valence-corrected chi connectivity index (χ1v) is 19.6. The van der Waals surface area contributed by atoms with Crippen molar-refractivity contribution in [2.75, 3.05) is 0 Å². The molecule has 4 aromatic heterocycles. The van der Waals surface area contributed by atoms with Gasteiger partial charge in [-0.15, -0.1) is 22.7 Å². The standard InChI is InChI=1S/2C20H15BrN2O3S/c1-12-4-2-3-5-13(12)10-26-17-9-18(27-19(17)20(24)25)23-11-22-15-8-14(21)6-7-16(15)23;1-12-4-2-3-5-13(12)10-26-17-9-18(27-19(17)20(24)25)23-11-22-15-7-6-14(21)8-16(15)23/h2*2-9,11H,10H2,1H3,(H,24,25). The Morgan fingerprint density at radius 2 is 1.11 bits per heavy atom. The Kier molecular flexibility index (Phi) is 11.0. The first kappa shape index (κ1) is 37.1. The number of imidazole rings is 2. The number of nitrogens with zero attached hydrogens (tertiary/aromatic N) is 4. The predicted octanol–water partition coefficient (Wildman–Crippen LogP) is 10.9. The van der Waals surface area contributed by atoms with E-state index in [1.165, 1.54) is 22.7 Å². The maximum absolute atomic E-state index is 11.7. The second-order valence-electron chi connectivity index (χ2n) is 12.1. The van der Waals surface area contributed by atoms with Crippen LogP contribution < -0.4 is 9.47 Å². The summed E-state index contributed by atoms with van der Waals surface area (Å²) >= 11 is 9.24. The van der Waals surface area contributed by atoms with Crippen LogP contribution in [0.4, 0.5) is 0 Å². The van der Waals surface area contributed by atoms with Gasteiger partial charge in [0.1, 0.15) is 47.4 Å². The smallest absolute Gasteiger partial charge is 0.349 e. The van der Waals surface area contributed by atoms with Crippen LogP contribution in [0.15, 0.2) is 119 Å². The number of halogens is 2. The summed E-state index contributed by atoms with van der Waals surface area (Å²) in [6, 6.07) is 30.9. The number of carbonyl (C=O) groups is 2. The van der Waals surface area contributed by atoms with Crippen molar-refractivity contribution in [1.82, 2.24) is 19.1 Å². The molecule has 4 aromatic carbocycles. The average molecular weight is 887 g/mol. The van der Waals surface area contributed by atoms with E-state index in [0.29, 0.717) is 24.7 Å². The Balaban J connectivity index is 0.000000167. The van der Waals surface area contributed by atoms with E-state index in [-0.39, 0.29) is 9.75 Å². The molecule has 0 fully saturated rings. The SMILES string of the molecule is Cc1ccccc1COc1cc(-n2cnc3cc(Br)ccc32)sc1C(=O)O.Cc1ccccc1COc1cc(-n2cnc3ccc(Br)cc32)sc1C(=O)O. The molecule has 0 aliphatic heterocycles. The van der Waals surface area contributed by atoms with Crippen molar-refractivity contribution in [3.05, 3.63) is 151 Å². The highest BCUT2D eigenvalue weighted by Gasteiger charge is 2.21. The summed E-state index contributed by atoms with van der Waals surface area (Å²) < 4.78 is 17.4. The highest BCUT2D eigenvalue weighted by Crippen LogP contribution is 2.36. The lowest BCUT2D eigenvalue weighted by Gasteiger charge is -2.07. The molecule has 2 N–H and O–H groups in total. The summed E-state index contributed by atoms with van der Waals surface area (Å²) in [6.45, 7) is 4.65. The average Bonchev–Trinajstić information content (AvgIpc) is 3.95. The van der Waals surface area contributed by atoms with Crippen molar-refractivity contribution in [1.29, 1.82) is 0 Å². The van der Waals surface area contributed by atoms with Gasteiger partial charge in [0.05, 0.1) is 22.1 Å². The molecule has 0 atom stereocenters. The lowest BCUT2D eigenvalue weighted by Crippen LogP contribution is -2.01. The maximum Gasteiger partial charge on any atom is 0.349 e. The molecule has 8 aromatic rings. The number of benzene rings is 4. The van der Waals surface area contributed by atoms with Crippen LogP contribution in [0.3, 0.4) is 0 Å². The Labute approximate surface area is 334 Å². The predicted molar refractivity (Wildman–Crippen MR) is 218 cm³/mol. The van der Waals surface area contributed by atoms with Gasteiger partial charge in [-0.1, -0.05) is 80.4 Å². The van der Waals surface area contributed by atoms with Crippen LogP contribution in [0.2, 0.25) is 0 Å². The topological polar surface area (TPSA) is 129 Å². The molecule has 0 saturated heterocycles. The highest BCUT2D eigenvalue weighted by molar-refractivity contribution is 9.10. The van der Waals surface area contributed by atoms with Crippen molar-refractivity contribution < 1.29 is 29.3 Å². The van der Waals surface area contributed by atoms with Gasteiger partial charge in [-0.2, -0.15) is 0 Å². The Morgan fingerprint density at radius 3 is 1.65 bits per heavy atom. The monoisotopic (exact) mass is 884 g/mol. The van der Waals surface area contributed by atoms with Crippen LogP contribution in [-0.4, -0.2) is 41.3 Å². The number of aromatic carboxylic acids is 2. The van der Waals surface area contributed by atoms with Crippen LogP contribution in [0, 0.1) is 13.8 Å². The lowest BCUT2D eigenvalue weighted by atomic mass is 10.1. The molecule has 0 bridgehead atoms. The van der Waals surface area contributed by atoms with Gasteiger partial charge in [0.2, 0.25) is 0 Å². The van der Waals surface area contributed by atoms with E-state index in [2.05, 4.69) is 41.8 Å². The van der Waals surface area contributed by atoms with Crippen molar-refractivity contribution in [3.8, 4) is 21.5 Å². The summed E-state index contributed by atoms with van der Waals surface area (Å²) in [7, 11) is 0. The maximum atomic E-state index is 11.7. The normalized spacial score (nSPS) is 11.0. The fourth-order valence-corrected chi connectivity index (χ4v) is 8.19. The number of carboxylic acids is 2. The number of aromatic nitrogens is 4. The fourth-order valence-electron chi connectivity index (χ4n) is 5.65. The first-order valence-electron chi connectivity index (χ1n) is 16.4. The lowest BCUT2D eigenvalue weighted by molar-refractivity contribution is 0.0686. The number of thiophene rings is 2. The van der Waals surface area contributed by atoms with Gasteiger partial charge in [0, 0.05) is 21.1 Å². The van der Waals surface area contributed by atoms with E-state index in [1.807, 2.05) is 108 Å². The molecule has 8 rings (SSSR count). The Hall–Kier alpha value is -5.28. The summed E-state index contributed by atoms with van der Waals surface area (Å²) in [4.78, 5) is 32.5. The van der Waals surface area contributed by atoms with E-state index in [1.54, 1.807) is 24.8 Å². The number of hydrogen-bond donors (Lipinski definition) is 2. The number of fused-ring (bicyclic) bond motifs is 2. The molecular weight excluding hydrogens is 856 g/mol. The Bertz CT molecular complexity index is 2660. The van der Waals surface area contributed by atoms with Crippen LogP contribution in [0.5, 0.6) is 11.5 Å². The van der Waals surface area contributed by atoms with Crippen molar-refractivity contribution >= 4 is 88.5 Å². The Morgan fingerprint density at radius 1 is 0.630 bits per heavy atom. The van der Waals surface area contributed by atoms with E-state index in [9.17, 15) is 19.8 Å². The number of carboxylic acid groups (broad SMARTS) is 2. The molecule has 0 unspecified atom stereocenters. The van der Waals surface area contributed by atoms with Crippen LogP contribution >= 0.6 is 54.5 Å². The second-order valence-corrected chi connectivity index (χ2v) is 16.0. The molecule has 54 heavy (non-hydrogen) atoms. The van der Waals surface area contributed by atoms with Gasteiger partial charge in [-0.3, -0.25) is 9.13 Å². The van der Waals surface area contributed by atoms with Gasteiger partial charge in [0.15, 0.2) is 9.75 Å². The summed E-state index contributed by atoms with van der Waals surface area (Å²) in [5.41, 5.74) is 7.74. The third-order valence-electron chi connectivity index (χ3n) is 8.54. The molecule has 14 heteroatoms. The molecule has 0 aliphatic rings. The van der Waals surface area contributed by atoms with E-state index >= 15 is 0 Å². The number of rotatable bonds is 10. The third kappa shape index (κ3) is 7.97. The minimum Gasteiger partial charge on any atom is -0.487 e. The molecule has 0 saturated carbocycles. The van der Waals surface area contributed by atoms with Gasteiger partial charge in [-0.05, 0) is 72.5 Å². The highest BCUT2D eigenvalue weighted by atomic mass is 79.9. The van der Waals surface area contributed by atoms with Crippen LogP contribution in [-0.2, 0) is 13.2 Å². The summed E-state index contributed by atoms with van der Waals surface area (Å²) in [5.74, 6) is -1.28. The second kappa shape index (κ2) is 16.0. The summed E-state index contributed by atoms with van der Waals surface area (Å²) in [5, 5.41) is 20.7. The minimum absolute atomic E-state index is 0.176. The van der Waals surface area contributed by atoms with Gasteiger partial charge >= 0.3 is 11.9 Å². The van der Waals surface area contributed by atoms with E-state index < -0.39 is 11.9 Å².